The molecule has 0 aliphatic heterocycles. The van der Waals surface area contributed by atoms with E-state index in [1.807, 2.05) is 19.9 Å². The van der Waals surface area contributed by atoms with Crippen molar-refractivity contribution in [3.05, 3.63) is 35.1 Å². The maximum Gasteiger partial charge on any atom is 0.127 e. The Morgan fingerprint density at radius 3 is 2.60 bits per heavy atom. The Morgan fingerprint density at radius 2 is 2.20 bits per heavy atom. The van der Waals surface area contributed by atoms with E-state index in [0.29, 0.717) is 0 Å². The summed E-state index contributed by atoms with van der Waals surface area (Å²) in [6.07, 6.45) is 0.756. The number of halogens is 1. The van der Waals surface area contributed by atoms with E-state index in [1.54, 1.807) is 0 Å². The minimum Gasteiger partial charge on any atom is -0.207 e. The van der Waals surface area contributed by atoms with Crippen LogP contribution in [0.5, 0.6) is 0 Å². The van der Waals surface area contributed by atoms with Crippen molar-refractivity contribution in [3.8, 4) is 0 Å². The summed E-state index contributed by atoms with van der Waals surface area (Å²) < 4.78 is 12.8. The Hall–Kier alpha value is -0.850. The van der Waals surface area contributed by atoms with Crippen molar-refractivity contribution in [2.75, 3.05) is 0 Å². The number of hydrogen-bond acceptors (Lipinski definition) is 0. The molecule has 1 heteroatoms. The molecule has 0 heterocycles. The van der Waals surface area contributed by atoms with Gasteiger partial charge in [0, 0.05) is 0 Å². The topological polar surface area (TPSA) is 0 Å². The molecule has 0 aromatic heterocycles. The second-order valence-corrected chi connectivity index (χ2v) is 2.32. The van der Waals surface area contributed by atoms with Gasteiger partial charge in [0.25, 0.3) is 0 Å². The first-order valence-electron chi connectivity index (χ1n) is 3.40. The molecular formula is C9H10F. The summed E-state index contributed by atoms with van der Waals surface area (Å²) in [5, 5.41) is 0. The van der Waals surface area contributed by atoms with Crippen molar-refractivity contribution in [2.24, 2.45) is 0 Å². The van der Waals surface area contributed by atoms with Crippen molar-refractivity contribution in [3.63, 3.8) is 0 Å². The molecule has 1 rings (SSSR count). The van der Waals surface area contributed by atoms with Gasteiger partial charge in [-0.15, -0.1) is 0 Å². The highest BCUT2D eigenvalue weighted by molar-refractivity contribution is 5.26. The molecule has 0 amide bonds. The van der Waals surface area contributed by atoms with Crippen molar-refractivity contribution in [1.82, 2.24) is 0 Å². The van der Waals surface area contributed by atoms with Crippen LogP contribution >= 0.6 is 0 Å². The minimum atomic E-state index is -0.137. The third-order valence-electron chi connectivity index (χ3n) is 1.63. The molecule has 10 heavy (non-hydrogen) atoms. The molecule has 1 radical (unpaired) electrons. The number of aryl methyl sites for hydroxylation is 1. The fraction of sp³-hybridized carbons (Fsp3) is 0.333. The fourth-order valence-corrected chi connectivity index (χ4v) is 1.05. The van der Waals surface area contributed by atoms with Crippen LogP contribution < -0.4 is 0 Å². The normalized spacial score (nSPS) is 9.90. The van der Waals surface area contributed by atoms with E-state index in [4.69, 9.17) is 0 Å². The minimum absolute atomic E-state index is 0.137. The molecule has 0 unspecified atom stereocenters. The summed E-state index contributed by atoms with van der Waals surface area (Å²) in [4.78, 5) is 0. The van der Waals surface area contributed by atoms with Crippen LogP contribution in [0.25, 0.3) is 0 Å². The first kappa shape index (κ1) is 7.26. The lowest BCUT2D eigenvalue weighted by atomic mass is 10.1. The molecule has 0 bridgehead atoms. The highest BCUT2D eigenvalue weighted by atomic mass is 19.1. The molecule has 0 saturated carbocycles. The summed E-state index contributed by atoms with van der Waals surface area (Å²) in [5.74, 6) is -0.137. The molecular weight excluding hydrogens is 127 g/mol. The zero-order chi connectivity index (χ0) is 7.56. The van der Waals surface area contributed by atoms with E-state index in [0.717, 1.165) is 17.5 Å². The Bertz CT molecular complexity index is 208. The predicted molar refractivity (Wildman–Crippen MR) is 39.4 cm³/mol. The van der Waals surface area contributed by atoms with Crippen LogP contribution in [0, 0.1) is 18.8 Å². The summed E-state index contributed by atoms with van der Waals surface area (Å²) in [6, 6.07) is 5.92. The zero-order valence-corrected chi connectivity index (χ0v) is 6.24. The van der Waals surface area contributed by atoms with Crippen molar-refractivity contribution in [1.29, 1.82) is 0 Å². The number of benzene rings is 1. The molecule has 0 aliphatic carbocycles. The van der Waals surface area contributed by atoms with Gasteiger partial charge in [0.15, 0.2) is 0 Å². The lowest BCUT2D eigenvalue weighted by Gasteiger charge is -2.01. The van der Waals surface area contributed by atoms with Gasteiger partial charge in [0.2, 0.25) is 0 Å². The van der Waals surface area contributed by atoms with Gasteiger partial charge in [-0.1, -0.05) is 13.0 Å². The molecule has 0 saturated heterocycles. The standard InChI is InChI=1S/C9H10F/c1-3-8-7(2)5-4-6-9(8)10/h5-6H,3H2,1-2H3. The van der Waals surface area contributed by atoms with Crippen LogP contribution in [-0.2, 0) is 6.42 Å². The van der Waals surface area contributed by atoms with E-state index in [1.165, 1.54) is 6.07 Å². The SMILES string of the molecule is CCc1c(C)c[c]cc1F. The van der Waals surface area contributed by atoms with Crippen LogP contribution in [-0.4, -0.2) is 0 Å². The molecule has 0 spiro atoms. The molecule has 0 aliphatic rings. The summed E-state index contributed by atoms with van der Waals surface area (Å²) in [5.41, 5.74) is 1.79. The van der Waals surface area contributed by atoms with Crippen LogP contribution in [0.2, 0.25) is 0 Å². The Balaban J connectivity index is 3.17. The lowest BCUT2D eigenvalue weighted by Crippen LogP contribution is -1.90. The lowest BCUT2D eigenvalue weighted by molar-refractivity contribution is 0.610. The Morgan fingerprint density at radius 1 is 1.50 bits per heavy atom. The third kappa shape index (κ3) is 1.18. The second-order valence-electron chi connectivity index (χ2n) is 2.32. The van der Waals surface area contributed by atoms with Crippen LogP contribution in [0.1, 0.15) is 18.1 Å². The highest BCUT2D eigenvalue weighted by Crippen LogP contribution is 2.11. The average Bonchev–Trinajstić information content (AvgIpc) is 1.88. The number of hydrogen-bond donors (Lipinski definition) is 0. The monoisotopic (exact) mass is 137 g/mol. The van der Waals surface area contributed by atoms with E-state index < -0.39 is 0 Å². The van der Waals surface area contributed by atoms with E-state index in [2.05, 4.69) is 6.07 Å². The van der Waals surface area contributed by atoms with E-state index in [-0.39, 0.29) is 5.82 Å². The number of rotatable bonds is 1. The molecule has 0 atom stereocenters. The third-order valence-corrected chi connectivity index (χ3v) is 1.63. The van der Waals surface area contributed by atoms with E-state index >= 15 is 0 Å². The van der Waals surface area contributed by atoms with Crippen molar-refractivity contribution >= 4 is 0 Å². The maximum absolute atomic E-state index is 12.8. The van der Waals surface area contributed by atoms with E-state index in [9.17, 15) is 4.39 Å². The zero-order valence-electron chi connectivity index (χ0n) is 6.24. The smallest absolute Gasteiger partial charge is 0.127 e. The molecule has 1 aromatic rings. The second kappa shape index (κ2) is 2.82. The van der Waals surface area contributed by atoms with Crippen LogP contribution in [0.4, 0.5) is 4.39 Å². The van der Waals surface area contributed by atoms with Crippen LogP contribution in [0.3, 0.4) is 0 Å². The molecule has 0 N–H and O–H groups in total. The van der Waals surface area contributed by atoms with Gasteiger partial charge in [-0.3, -0.25) is 0 Å². The van der Waals surface area contributed by atoms with Gasteiger partial charge in [-0.25, -0.2) is 4.39 Å². The summed E-state index contributed by atoms with van der Waals surface area (Å²) >= 11 is 0. The molecule has 1 aromatic carbocycles. The van der Waals surface area contributed by atoms with Crippen molar-refractivity contribution < 1.29 is 4.39 Å². The Kier molecular flexibility index (Phi) is 2.05. The maximum atomic E-state index is 12.8. The fourth-order valence-electron chi connectivity index (χ4n) is 1.05. The summed E-state index contributed by atoms with van der Waals surface area (Å²) in [7, 11) is 0. The largest absolute Gasteiger partial charge is 0.207 e. The van der Waals surface area contributed by atoms with Gasteiger partial charge in [0.05, 0.1) is 0 Å². The quantitative estimate of drug-likeness (QED) is 0.558. The summed E-state index contributed by atoms with van der Waals surface area (Å²) in [6.45, 7) is 3.85. The predicted octanol–water partition coefficient (Wildman–Crippen LogP) is 2.50. The van der Waals surface area contributed by atoms with Gasteiger partial charge in [0.1, 0.15) is 5.82 Å². The van der Waals surface area contributed by atoms with Crippen LogP contribution in [0.15, 0.2) is 12.1 Å². The average molecular weight is 137 g/mol. The molecule has 0 fully saturated rings. The van der Waals surface area contributed by atoms with Gasteiger partial charge >= 0.3 is 0 Å². The first-order valence-corrected chi connectivity index (χ1v) is 3.40. The molecule has 0 nitrogen and oxygen atoms in total. The van der Waals surface area contributed by atoms with Gasteiger partial charge in [-0.2, -0.15) is 0 Å². The van der Waals surface area contributed by atoms with Crippen molar-refractivity contribution in [2.45, 2.75) is 20.3 Å². The van der Waals surface area contributed by atoms with Gasteiger partial charge < -0.3 is 0 Å². The first-order chi connectivity index (χ1) is 4.75. The Labute approximate surface area is 60.7 Å². The highest BCUT2D eigenvalue weighted by Gasteiger charge is 2.00. The van der Waals surface area contributed by atoms with Gasteiger partial charge in [-0.05, 0) is 36.6 Å². The molecule has 53 valence electrons.